The van der Waals surface area contributed by atoms with Gasteiger partial charge in [0.25, 0.3) is 11.6 Å². The summed E-state index contributed by atoms with van der Waals surface area (Å²) in [7, 11) is 0. The molecule has 0 aliphatic rings. The summed E-state index contributed by atoms with van der Waals surface area (Å²) >= 11 is 2.94. The van der Waals surface area contributed by atoms with Crippen molar-refractivity contribution in [2.75, 3.05) is 11.9 Å². The van der Waals surface area contributed by atoms with Gasteiger partial charge in [-0.25, -0.2) is 8.78 Å². The van der Waals surface area contributed by atoms with E-state index >= 15 is 0 Å². The molecule has 0 unspecified atom stereocenters. The van der Waals surface area contributed by atoms with E-state index in [0.29, 0.717) is 6.07 Å². The van der Waals surface area contributed by atoms with Crippen molar-refractivity contribution in [1.82, 2.24) is 0 Å². The number of carbonyl (C=O) groups is 1. The molecule has 9 heteroatoms. The third-order valence-electron chi connectivity index (χ3n) is 2.67. The summed E-state index contributed by atoms with van der Waals surface area (Å²) in [4.78, 5) is 21.8. The van der Waals surface area contributed by atoms with Gasteiger partial charge in [-0.1, -0.05) is 6.07 Å². The van der Waals surface area contributed by atoms with Gasteiger partial charge in [0.2, 0.25) is 0 Å². The Morgan fingerprint density at radius 3 is 2.70 bits per heavy atom. The Hall–Kier alpha value is -2.55. The minimum atomic E-state index is -0.944. The van der Waals surface area contributed by atoms with Gasteiger partial charge in [-0.3, -0.25) is 14.9 Å². The lowest BCUT2D eigenvalue weighted by molar-refractivity contribution is -0.384. The smallest absolute Gasteiger partial charge is 0.273 e. The van der Waals surface area contributed by atoms with Crippen LogP contribution < -0.4 is 10.1 Å². The van der Waals surface area contributed by atoms with Gasteiger partial charge in [0.1, 0.15) is 11.6 Å². The van der Waals surface area contributed by atoms with Gasteiger partial charge in [0, 0.05) is 16.6 Å². The van der Waals surface area contributed by atoms with Crippen LogP contribution in [0.1, 0.15) is 0 Å². The predicted molar refractivity (Wildman–Crippen MR) is 81.3 cm³/mol. The molecule has 1 N–H and O–H groups in total. The van der Waals surface area contributed by atoms with E-state index < -0.39 is 29.1 Å². The third-order valence-corrected chi connectivity index (χ3v) is 3.30. The fraction of sp³-hybridized carbons (Fsp3) is 0.0714. The van der Waals surface area contributed by atoms with Gasteiger partial charge in [-0.05, 0) is 28.1 Å². The number of anilines is 1. The monoisotopic (exact) mass is 386 g/mol. The third kappa shape index (κ3) is 4.46. The Bertz CT molecular complexity index is 747. The molecule has 120 valence electrons. The molecule has 6 nitrogen and oxygen atoms in total. The standard InChI is InChI=1S/C14H9BrF2N2O4/c15-11-4-8(16)5-12(17)14(11)18-13(20)7-23-10-3-1-2-9(6-10)19(21)22/h1-6H,7H2,(H,18,20). The molecule has 0 spiro atoms. The number of nitro benzene ring substituents is 1. The maximum atomic E-state index is 13.6. The van der Waals surface area contributed by atoms with Crippen molar-refractivity contribution in [2.24, 2.45) is 0 Å². The lowest BCUT2D eigenvalue weighted by Gasteiger charge is -2.10. The normalized spacial score (nSPS) is 10.2. The van der Waals surface area contributed by atoms with Crippen molar-refractivity contribution in [3.63, 3.8) is 0 Å². The molecule has 23 heavy (non-hydrogen) atoms. The number of halogens is 3. The highest BCUT2D eigenvalue weighted by molar-refractivity contribution is 9.10. The molecule has 0 fully saturated rings. The number of ether oxygens (including phenoxy) is 1. The second-order valence-corrected chi connectivity index (χ2v) is 5.19. The first-order valence-electron chi connectivity index (χ1n) is 6.18. The first kappa shape index (κ1) is 16.8. The van der Waals surface area contributed by atoms with Gasteiger partial charge < -0.3 is 10.1 Å². The molecule has 2 aromatic carbocycles. The zero-order valence-electron chi connectivity index (χ0n) is 11.4. The number of amides is 1. The molecule has 2 aromatic rings. The number of hydrogen-bond acceptors (Lipinski definition) is 4. The van der Waals surface area contributed by atoms with Crippen LogP contribution in [0.2, 0.25) is 0 Å². The number of nitrogens with one attached hydrogen (secondary N) is 1. The lowest BCUT2D eigenvalue weighted by atomic mass is 10.3. The minimum Gasteiger partial charge on any atom is -0.484 e. The van der Waals surface area contributed by atoms with Crippen molar-refractivity contribution in [1.29, 1.82) is 0 Å². The van der Waals surface area contributed by atoms with Crippen molar-refractivity contribution in [2.45, 2.75) is 0 Å². The molecule has 0 bridgehead atoms. The van der Waals surface area contributed by atoms with E-state index in [2.05, 4.69) is 21.2 Å². The summed E-state index contributed by atoms with van der Waals surface area (Å²) in [6, 6.07) is 6.90. The summed E-state index contributed by atoms with van der Waals surface area (Å²) < 4.78 is 31.7. The van der Waals surface area contributed by atoms with Crippen molar-refractivity contribution < 1.29 is 23.2 Å². The Labute approximate surface area is 137 Å². The van der Waals surface area contributed by atoms with Crippen molar-refractivity contribution in [3.8, 4) is 5.75 Å². The average molecular weight is 387 g/mol. The van der Waals surface area contributed by atoms with Crippen molar-refractivity contribution in [3.05, 3.63) is 62.6 Å². The van der Waals surface area contributed by atoms with Crippen LogP contribution in [-0.4, -0.2) is 17.4 Å². The van der Waals surface area contributed by atoms with E-state index in [4.69, 9.17) is 4.74 Å². The van der Waals surface area contributed by atoms with Crippen molar-refractivity contribution >= 4 is 33.2 Å². The van der Waals surface area contributed by atoms with Crippen LogP contribution in [0.25, 0.3) is 0 Å². The van der Waals surface area contributed by atoms with Gasteiger partial charge in [0.05, 0.1) is 16.7 Å². The summed E-state index contributed by atoms with van der Waals surface area (Å²) in [6.07, 6.45) is 0. The number of rotatable bonds is 5. The summed E-state index contributed by atoms with van der Waals surface area (Å²) in [5.74, 6) is -2.32. The molecule has 0 saturated carbocycles. The molecule has 0 radical (unpaired) electrons. The Balaban J connectivity index is 2.01. The van der Waals surface area contributed by atoms with E-state index in [1.165, 1.54) is 18.2 Å². The van der Waals surface area contributed by atoms with Crippen LogP contribution in [-0.2, 0) is 4.79 Å². The quantitative estimate of drug-likeness (QED) is 0.627. The van der Waals surface area contributed by atoms with Gasteiger partial charge in [0.15, 0.2) is 12.4 Å². The van der Waals surface area contributed by atoms with E-state index in [9.17, 15) is 23.7 Å². The number of nitrogens with zero attached hydrogens (tertiary/aromatic N) is 1. The van der Waals surface area contributed by atoms with Crippen LogP contribution in [0.4, 0.5) is 20.2 Å². The van der Waals surface area contributed by atoms with Gasteiger partial charge >= 0.3 is 0 Å². The lowest BCUT2D eigenvalue weighted by Crippen LogP contribution is -2.21. The van der Waals surface area contributed by atoms with E-state index in [1.54, 1.807) is 0 Å². The molecular formula is C14H9BrF2N2O4. The fourth-order valence-corrected chi connectivity index (χ4v) is 2.18. The minimum absolute atomic E-state index is 0.0405. The van der Waals surface area contributed by atoms with Crippen LogP contribution in [0.5, 0.6) is 5.75 Å². The molecule has 0 aromatic heterocycles. The van der Waals surface area contributed by atoms with Crippen LogP contribution in [0.3, 0.4) is 0 Å². The van der Waals surface area contributed by atoms with E-state index in [-0.39, 0.29) is 21.6 Å². The first-order chi connectivity index (χ1) is 10.9. The van der Waals surface area contributed by atoms with Gasteiger partial charge in [-0.15, -0.1) is 0 Å². The maximum absolute atomic E-state index is 13.6. The second-order valence-electron chi connectivity index (χ2n) is 4.34. The number of benzene rings is 2. The number of carbonyl (C=O) groups excluding carboxylic acids is 1. The first-order valence-corrected chi connectivity index (χ1v) is 6.98. The van der Waals surface area contributed by atoms with E-state index in [0.717, 1.165) is 12.1 Å². The fourth-order valence-electron chi connectivity index (χ4n) is 1.67. The summed E-state index contributed by atoms with van der Waals surface area (Å²) in [6.45, 7) is -0.496. The topological polar surface area (TPSA) is 81.5 Å². The molecular weight excluding hydrogens is 378 g/mol. The SMILES string of the molecule is O=C(COc1cccc([N+](=O)[O-])c1)Nc1c(F)cc(F)cc1Br. The highest BCUT2D eigenvalue weighted by atomic mass is 79.9. The zero-order chi connectivity index (χ0) is 17.0. The molecule has 1 amide bonds. The molecule has 0 aliphatic heterocycles. The largest absolute Gasteiger partial charge is 0.484 e. The number of hydrogen-bond donors (Lipinski definition) is 1. The average Bonchev–Trinajstić information content (AvgIpc) is 2.49. The summed E-state index contributed by atoms with van der Waals surface area (Å²) in [5, 5.41) is 12.9. The van der Waals surface area contributed by atoms with E-state index in [1.807, 2.05) is 0 Å². The zero-order valence-corrected chi connectivity index (χ0v) is 13.0. The Kier molecular flexibility index (Phi) is 5.22. The van der Waals surface area contributed by atoms with Crippen LogP contribution in [0, 0.1) is 21.7 Å². The second kappa shape index (κ2) is 7.14. The Morgan fingerprint density at radius 2 is 2.04 bits per heavy atom. The molecule has 0 saturated heterocycles. The predicted octanol–water partition coefficient (Wildman–Crippen LogP) is 3.65. The summed E-state index contributed by atoms with van der Waals surface area (Å²) in [5.41, 5.74) is -0.408. The van der Waals surface area contributed by atoms with Crippen LogP contribution >= 0.6 is 15.9 Å². The molecule has 0 aliphatic carbocycles. The molecule has 2 rings (SSSR count). The number of non-ortho nitro benzene ring substituents is 1. The highest BCUT2D eigenvalue weighted by Crippen LogP contribution is 2.27. The molecule has 0 heterocycles. The van der Waals surface area contributed by atoms with Gasteiger partial charge in [-0.2, -0.15) is 0 Å². The maximum Gasteiger partial charge on any atom is 0.273 e. The highest BCUT2D eigenvalue weighted by Gasteiger charge is 2.14. The number of nitro groups is 1. The molecule has 0 atom stereocenters. The Morgan fingerprint density at radius 1 is 1.30 bits per heavy atom. The van der Waals surface area contributed by atoms with Crippen LogP contribution in [0.15, 0.2) is 40.9 Å².